The van der Waals surface area contributed by atoms with Crippen LogP contribution in [0.4, 0.5) is 4.39 Å². The van der Waals surface area contributed by atoms with Gasteiger partial charge in [-0.05, 0) is 37.0 Å². The Hall–Kier alpha value is -2.25. The minimum absolute atomic E-state index is 0.0740. The molecule has 0 saturated heterocycles. The van der Waals surface area contributed by atoms with Gasteiger partial charge in [-0.15, -0.1) is 0 Å². The van der Waals surface area contributed by atoms with Gasteiger partial charge in [0.1, 0.15) is 11.4 Å². The molecular weight excluding hydrogens is 359 g/mol. The van der Waals surface area contributed by atoms with Crippen LogP contribution in [0.2, 0.25) is 5.02 Å². The molecule has 3 aromatic rings. The zero-order chi connectivity index (χ0) is 18.6. The zero-order valence-corrected chi connectivity index (χ0v) is 15.2. The summed E-state index contributed by atoms with van der Waals surface area (Å²) >= 11 is 5.91. The van der Waals surface area contributed by atoms with Crippen molar-refractivity contribution in [1.82, 2.24) is 19.6 Å². The summed E-state index contributed by atoms with van der Waals surface area (Å²) in [4.78, 5) is 12.7. The summed E-state index contributed by atoms with van der Waals surface area (Å²) < 4.78 is 16.5. The maximum Gasteiger partial charge on any atom is 0.295 e. The number of hydrogen-bond acceptors (Lipinski definition) is 4. The largest absolute Gasteiger partial charge is 0.379 e. The Kier molecular flexibility index (Phi) is 3.89. The van der Waals surface area contributed by atoms with Crippen molar-refractivity contribution in [2.45, 2.75) is 37.8 Å². The lowest BCUT2D eigenvalue weighted by molar-refractivity contribution is 0.0691. The van der Waals surface area contributed by atoms with E-state index in [0.29, 0.717) is 16.6 Å². The molecule has 1 N–H and O–H groups in total. The van der Waals surface area contributed by atoms with Gasteiger partial charge in [0, 0.05) is 7.05 Å². The first-order valence-corrected chi connectivity index (χ1v) is 8.87. The van der Waals surface area contributed by atoms with Gasteiger partial charge in [0.05, 0.1) is 28.3 Å². The van der Waals surface area contributed by atoms with E-state index in [1.165, 1.54) is 27.6 Å². The third kappa shape index (κ3) is 2.46. The zero-order valence-electron chi connectivity index (χ0n) is 14.4. The van der Waals surface area contributed by atoms with Crippen molar-refractivity contribution >= 4 is 22.5 Å². The van der Waals surface area contributed by atoms with Crippen LogP contribution in [0, 0.1) is 5.82 Å². The highest BCUT2D eigenvalue weighted by Crippen LogP contribution is 2.38. The van der Waals surface area contributed by atoms with Crippen LogP contribution in [-0.4, -0.2) is 24.7 Å². The Morgan fingerprint density at radius 2 is 2.15 bits per heavy atom. The van der Waals surface area contributed by atoms with Crippen LogP contribution in [0.3, 0.4) is 0 Å². The highest BCUT2D eigenvalue weighted by Gasteiger charge is 2.37. The fourth-order valence-corrected chi connectivity index (χ4v) is 3.61. The van der Waals surface area contributed by atoms with Crippen LogP contribution in [-0.2, 0) is 12.6 Å². The summed E-state index contributed by atoms with van der Waals surface area (Å²) in [6.07, 6.45) is 3.73. The lowest BCUT2D eigenvalue weighted by atomic mass is 9.86. The minimum atomic E-state index is -1.49. The van der Waals surface area contributed by atoms with Gasteiger partial charge >= 0.3 is 0 Å². The number of aliphatic hydroxyl groups is 1. The summed E-state index contributed by atoms with van der Waals surface area (Å²) in [6.45, 7) is 1.80. The van der Waals surface area contributed by atoms with E-state index in [-0.39, 0.29) is 28.6 Å². The number of hydrogen-bond donors (Lipinski definition) is 1. The fraction of sp³-hybridized carbons (Fsp3) is 0.389. The van der Waals surface area contributed by atoms with Gasteiger partial charge in [0.25, 0.3) is 5.56 Å². The van der Waals surface area contributed by atoms with Crippen LogP contribution >= 0.6 is 11.6 Å². The molecule has 2 heterocycles. The molecule has 0 bridgehead atoms. The summed E-state index contributed by atoms with van der Waals surface area (Å²) in [7, 11) is 1.67. The quantitative estimate of drug-likeness (QED) is 0.759. The standard InChI is InChI=1S/C18H18ClFN4O2/c1-3-18(26,10-4-7-14(20)13(19)8-10)16-12-9-21-24(11-5-6-11)17(25)15(12)22-23(16)2/h4,7-9,11,26H,3,5-6H2,1-2H3/t18-/m0/s1. The Morgan fingerprint density at radius 1 is 1.42 bits per heavy atom. The molecular formula is C18H18ClFN4O2. The molecule has 1 fully saturated rings. The molecule has 1 aliphatic rings. The van der Waals surface area contributed by atoms with Crippen molar-refractivity contribution in [3.05, 3.63) is 56.8 Å². The Balaban J connectivity index is 1.96. The lowest BCUT2D eigenvalue weighted by Gasteiger charge is -2.28. The first-order valence-electron chi connectivity index (χ1n) is 8.49. The van der Waals surface area contributed by atoms with Crippen LogP contribution < -0.4 is 5.56 Å². The maximum atomic E-state index is 13.6. The second-order valence-electron chi connectivity index (χ2n) is 6.70. The monoisotopic (exact) mass is 376 g/mol. The van der Waals surface area contributed by atoms with Crippen LogP contribution in [0.5, 0.6) is 0 Å². The Bertz CT molecular complexity index is 1070. The first-order chi connectivity index (χ1) is 12.4. The molecule has 1 aromatic carbocycles. The van der Waals surface area contributed by atoms with Crippen LogP contribution in [0.25, 0.3) is 10.9 Å². The van der Waals surface area contributed by atoms with Crippen molar-refractivity contribution in [2.75, 3.05) is 0 Å². The molecule has 2 aromatic heterocycles. The van der Waals surface area contributed by atoms with E-state index in [0.717, 1.165) is 12.8 Å². The third-order valence-corrected chi connectivity index (χ3v) is 5.29. The topological polar surface area (TPSA) is 72.9 Å². The van der Waals surface area contributed by atoms with Crippen molar-refractivity contribution in [3.8, 4) is 0 Å². The van der Waals surface area contributed by atoms with Gasteiger partial charge in [-0.25, -0.2) is 9.07 Å². The van der Waals surface area contributed by atoms with Crippen molar-refractivity contribution in [2.24, 2.45) is 7.05 Å². The smallest absolute Gasteiger partial charge is 0.295 e. The number of benzene rings is 1. The highest BCUT2D eigenvalue weighted by molar-refractivity contribution is 6.30. The molecule has 0 aliphatic heterocycles. The van der Waals surface area contributed by atoms with Gasteiger partial charge in [0.2, 0.25) is 0 Å². The predicted octanol–water partition coefficient (Wildman–Crippen LogP) is 2.90. The van der Waals surface area contributed by atoms with E-state index in [9.17, 15) is 14.3 Å². The molecule has 1 saturated carbocycles. The molecule has 136 valence electrons. The molecule has 6 nitrogen and oxygen atoms in total. The average molecular weight is 377 g/mol. The second kappa shape index (κ2) is 5.89. The van der Waals surface area contributed by atoms with E-state index in [4.69, 9.17) is 11.6 Å². The maximum absolute atomic E-state index is 13.6. The van der Waals surface area contributed by atoms with E-state index in [1.54, 1.807) is 20.2 Å². The Morgan fingerprint density at radius 3 is 2.77 bits per heavy atom. The number of aryl methyl sites for hydroxylation is 1. The highest BCUT2D eigenvalue weighted by atomic mass is 35.5. The van der Waals surface area contributed by atoms with E-state index in [2.05, 4.69) is 10.2 Å². The Labute approximate surface area is 153 Å². The van der Waals surface area contributed by atoms with Gasteiger partial charge in [-0.3, -0.25) is 9.48 Å². The number of aromatic nitrogens is 4. The number of rotatable bonds is 4. The normalized spacial score (nSPS) is 16.8. The summed E-state index contributed by atoms with van der Waals surface area (Å²) in [6, 6.07) is 4.24. The van der Waals surface area contributed by atoms with Crippen molar-refractivity contribution in [1.29, 1.82) is 0 Å². The molecule has 0 unspecified atom stereocenters. The average Bonchev–Trinajstić information content (AvgIpc) is 3.39. The number of fused-ring (bicyclic) bond motifs is 1. The molecule has 1 aliphatic carbocycles. The minimum Gasteiger partial charge on any atom is -0.379 e. The molecule has 1 atom stereocenters. The van der Waals surface area contributed by atoms with Crippen molar-refractivity contribution in [3.63, 3.8) is 0 Å². The van der Waals surface area contributed by atoms with E-state index >= 15 is 0 Å². The molecule has 0 radical (unpaired) electrons. The van der Waals surface area contributed by atoms with Crippen LogP contribution in [0.15, 0.2) is 29.2 Å². The second-order valence-corrected chi connectivity index (χ2v) is 7.11. The van der Waals surface area contributed by atoms with E-state index < -0.39 is 11.4 Å². The third-order valence-electron chi connectivity index (χ3n) is 5.00. The summed E-state index contributed by atoms with van der Waals surface area (Å²) in [5, 5.41) is 20.5. The van der Waals surface area contributed by atoms with Gasteiger partial charge < -0.3 is 5.11 Å². The van der Waals surface area contributed by atoms with Gasteiger partial charge in [-0.1, -0.05) is 24.6 Å². The fourth-order valence-electron chi connectivity index (χ4n) is 3.43. The van der Waals surface area contributed by atoms with Crippen molar-refractivity contribution < 1.29 is 9.50 Å². The summed E-state index contributed by atoms with van der Waals surface area (Å²) in [5.41, 5.74) is -0.611. The first kappa shape index (κ1) is 17.2. The molecule has 26 heavy (non-hydrogen) atoms. The van der Waals surface area contributed by atoms with Gasteiger partial charge in [0.15, 0.2) is 5.52 Å². The predicted molar refractivity (Wildman–Crippen MR) is 95.7 cm³/mol. The van der Waals surface area contributed by atoms with E-state index in [1.807, 2.05) is 0 Å². The SMILES string of the molecule is CC[C@](O)(c1ccc(F)c(Cl)c1)c1c2cnn(C3CC3)c(=O)c2nn1C. The number of nitrogens with zero attached hydrogens (tertiary/aromatic N) is 4. The van der Waals surface area contributed by atoms with Gasteiger partial charge in [-0.2, -0.15) is 10.2 Å². The molecule has 0 amide bonds. The van der Waals surface area contributed by atoms with Crippen LogP contribution in [0.1, 0.15) is 43.5 Å². The molecule has 4 rings (SSSR count). The summed E-state index contributed by atoms with van der Waals surface area (Å²) in [5.74, 6) is -0.558. The number of halogens is 2. The molecule has 0 spiro atoms. The lowest BCUT2D eigenvalue weighted by Crippen LogP contribution is -2.29. The molecule has 8 heteroatoms.